The van der Waals surface area contributed by atoms with Gasteiger partial charge in [0, 0.05) is 11.3 Å². The Labute approximate surface area is 60.6 Å². The van der Waals surface area contributed by atoms with Gasteiger partial charge in [0.25, 0.3) is 0 Å². The molecule has 0 unspecified atom stereocenters. The number of hydrogen-bond acceptors (Lipinski definition) is 1. The van der Waals surface area contributed by atoms with Gasteiger partial charge in [0.15, 0.2) is 0 Å². The van der Waals surface area contributed by atoms with Gasteiger partial charge in [-0.05, 0) is 11.6 Å². The predicted octanol–water partition coefficient (Wildman–Crippen LogP) is 2.23. The molecule has 1 aliphatic carbocycles. The summed E-state index contributed by atoms with van der Waals surface area (Å²) in [7, 11) is 0. The molecule has 0 amide bonds. The van der Waals surface area contributed by atoms with Crippen molar-refractivity contribution >= 4 is 17.1 Å². The van der Waals surface area contributed by atoms with E-state index in [1.165, 1.54) is 0 Å². The van der Waals surface area contributed by atoms with E-state index in [2.05, 4.69) is 12.7 Å². The Hall–Kier alpha value is -0.690. The standard InChI is InChI=1S/C8H7S/c1-2-7-5-3-4-6-8(7)9/h3-5H,1,6H2. The van der Waals surface area contributed by atoms with Crippen LogP contribution in [-0.2, 0) is 0 Å². The molecule has 1 heteroatoms. The lowest BCUT2D eigenvalue weighted by atomic mass is 10.1. The van der Waals surface area contributed by atoms with Crippen LogP contribution in [0.25, 0.3) is 0 Å². The van der Waals surface area contributed by atoms with Gasteiger partial charge in [-0.1, -0.05) is 37.0 Å². The van der Waals surface area contributed by atoms with E-state index in [0.717, 1.165) is 16.9 Å². The molecule has 0 heterocycles. The SMILES string of the molecule is C=[C]C1=CC=CCC1=S. The summed E-state index contributed by atoms with van der Waals surface area (Å²) in [5.41, 5.74) is 0.965. The highest BCUT2D eigenvalue weighted by Gasteiger charge is 2.00. The van der Waals surface area contributed by atoms with Crippen LogP contribution in [-0.4, -0.2) is 4.86 Å². The average molecular weight is 135 g/mol. The highest BCUT2D eigenvalue weighted by atomic mass is 32.1. The molecule has 0 bridgehead atoms. The summed E-state index contributed by atoms with van der Waals surface area (Å²) >= 11 is 5.00. The van der Waals surface area contributed by atoms with Crippen molar-refractivity contribution in [2.45, 2.75) is 6.42 Å². The zero-order chi connectivity index (χ0) is 6.69. The minimum Gasteiger partial charge on any atom is -0.0905 e. The Morgan fingerprint density at radius 3 is 2.89 bits per heavy atom. The lowest BCUT2D eigenvalue weighted by Gasteiger charge is -2.02. The summed E-state index contributed by atoms with van der Waals surface area (Å²) in [6, 6.07) is 0. The Morgan fingerprint density at radius 2 is 2.44 bits per heavy atom. The van der Waals surface area contributed by atoms with Crippen LogP contribution < -0.4 is 0 Å². The van der Waals surface area contributed by atoms with Crippen LogP contribution in [0.4, 0.5) is 0 Å². The molecular weight excluding hydrogens is 128 g/mol. The normalized spacial score (nSPS) is 17.3. The van der Waals surface area contributed by atoms with Crippen LogP contribution in [0.3, 0.4) is 0 Å². The average Bonchev–Trinajstić information content (AvgIpc) is 1.89. The van der Waals surface area contributed by atoms with Crippen LogP contribution in [0, 0.1) is 6.08 Å². The van der Waals surface area contributed by atoms with Gasteiger partial charge >= 0.3 is 0 Å². The lowest BCUT2D eigenvalue weighted by Crippen LogP contribution is -1.97. The lowest BCUT2D eigenvalue weighted by molar-refractivity contribution is 1.46. The van der Waals surface area contributed by atoms with E-state index in [4.69, 9.17) is 12.2 Å². The van der Waals surface area contributed by atoms with E-state index < -0.39 is 0 Å². The smallest absolute Gasteiger partial charge is 0.0268 e. The molecule has 45 valence electrons. The van der Waals surface area contributed by atoms with Crippen molar-refractivity contribution in [3.05, 3.63) is 36.5 Å². The molecular formula is C8H7S. The van der Waals surface area contributed by atoms with Gasteiger partial charge < -0.3 is 0 Å². The van der Waals surface area contributed by atoms with Gasteiger partial charge in [0.2, 0.25) is 0 Å². The fourth-order valence-corrected chi connectivity index (χ4v) is 0.936. The number of rotatable bonds is 1. The summed E-state index contributed by atoms with van der Waals surface area (Å²) in [6.07, 6.45) is 9.57. The minimum atomic E-state index is 0.865. The van der Waals surface area contributed by atoms with E-state index >= 15 is 0 Å². The Balaban J connectivity index is 2.86. The second-order valence-electron chi connectivity index (χ2n) is 1.81. The van der Waals surface area contributed by atoms with Crippen molar-refractivity contribution in [2.24, 2.45) is 0 Å². The summed E-state index contributed by atoms with van der Waals surface area (Å²) < 4.78 is 0. The van der Waals surface area contributed by atoms with Gasteiger partial charge in [-0.3, -0.25) is 0 Å². The number of thiocarbonyl (C=S) groups is 1. The van der Waals surface area contributed by atoms with Crippen LogP contribution in [0.5, 0.6) is 0 Å². The van der Waals surface area contributed by atoms with Crippen LogP contribution in [0.2, 0.25) is 0 Å². The largest absolute Gasteiger partial charge is 0.0905 e. The van der Waals surface area contributed by atoms with Gasteiger partial charge in [-0.15, -0.1) is 0 Å². The molecule has 0 spiro atoms. The molecule has 0 saturated carbocycles. The highest BCUT2D eigenvalue weighted by Crippen LogP contribution is 2.08. The Kier molecular flexibility index (Phi) is 1.96. The summed E-state index contributed by atoms with van der Waals surface area (Å²) in [4.78, 5) is 0.938. The van der Waals surface area contributed by atoms with Gasteiger partial charge in [0.1, 0.15) is 0 Å². The highest BCUT2D eigenvalue weighted by molar-refractivity contribution is 7.80. The van der Waals surface area contributed by atoms with Crippen molar-refractivity contribution in [2.75, 3.05) is 0 Å². The quantitative estimate of drug-likeness (QED) is 0.497. The molecule has 0 N–H and O–H groups in total. The first-order valence-electron chi connectivity index (χ1n) is 2.77. The minimum absolute atomic E-state index is 0.865. The van der Waals surface area contributed by atoms with E-state index in [1.807, 2.05) is 18.2 Å². The summed E-state index contributed by atoms with van der Waals surface area (Å²) in [6.45, 7) is 3.52. The summed E-state index contributed by atoms with van der Waals surface area (Å²) in [5, 5.41) is 0. The fraction of sp³-hybridized carbons (Fsp3) is 0.125. The molecule has 0 nitrogen and oxygen atoms in total. The third-order valence-electron chi connectivity index (χ3n) is 1.19. The molecule has 1 rings (SSSR count). The number of hydrogen-bond donors (Lipinski definition) is 0. The van der Waals surface area contributed by atoms with E-state index in [0.29, 0.717) is 0 Å². The molecule has 0 aliphatic heterocycles. The molecule has 9 heavy (non-hydrogen) atoms. The first-order valence-corrected chi connectivity index (χ1v) is 3.18. The van der Waals surface area contributed by atoms with E-state index in [9.17, 15) is 0 Å². The van der Waals surface area contributed by atoms with Gasteiger partial charge in [0.05, 0.1) is 0 Å². The molecule has 1 aliphatic rings. The second-order valence-corrected chi connectivity index (χ2v) is 2.31. The van der Waals surface area contributed by atoms with E-state index in [-0.39, 0.29) is 0 Å². The third kappa shape index (κ3) is 1.36. The molecule has 0 atom stereocenters. The molecule has 0 aromatic rings. The first-order chi connectivity index (χ1) is 4.34. The zero-order valence-corrected chi connectivity index (χ0v) is 5.87. The fourth-order valence-electron chi connectivity index (χ4n) is 0.700. The van der Waals surface area contributed by atoms with Crippen LogP contribution >= 0.6 is 12.2 Å². The van der Waals surface area contributed by atoms with Crippen molar-refractivity contribution in [1.29, 1.82) is 0 Å². The predicted molar refractivity (Wildman–Crippen MR) is 43.3 cm³/mol. The van der Waals surface area contributed by atoms with Crippen LogP contribution in [0.1, 0.15) is 6.42 Å². The van der Waals surface area contributed by atoms with Crippen molar-refractivity contribution < 1.29 is 0 Å². The van der Waals surface area contributed by atoms with Gasteiger partial charge in [-0.2, -0.15) is 0 Å². The third-order valence-corrected chi connectivity index (χ3v) is 1.58. The zero-order valence-electron chi connectivity index (χ0n) is 5.05. The Bertz CT molecular complexity index is 197. The monoisotopic (exact) mass is 135 g/mol. The van der Waals surface area contributed by atoms with Crippen molar-refractivity contribution in [1.82, 2.24) is 0 Å². The van der Waals surface area contributed by atoms with Crippen molar-refractivity contribution in [3.8, 4) is 0 Å². The Morgan fingerprint density at radius 1 is 1.67 bits per heavy atom. The number of allylic oxidation sites excluding steroid dienone is 5. The van der Waals surface area contributed by atoms with Crippen LogP contribution in [0.15, 0.2) is 30.4 Å². The molecule has 0 aromatic carbocycles. The molecule has 1 radical (unpaired) electrons. The first kappa shape index (κ1) is 6.43. The maximum absolute atomic E-state index is 5.00. The molecule has 0 saturated heterocycles. The maximum atomic E-state index is 5.00. The summed E-state index contributed by atoms with van der Waals surface area (Å²) in [5.74, 6) is 0. The molecule has 0 aromatic heterocycles. The van der Waals surface area contributed by atoms with Crippen molar-refractivity contribution in [3.63, 3.8) is 0 Å². The van der Waals surface area contributed by atoms with E-state index in [1.54, 1.807) is 0 Å². The molecule has 0 fully saturated rings. The second kappa shape index (κ2) is 2.74. The maximum Gasteiger partial charge on any atom is 0.0268 e. The van der Waals surface area contributed by atoms with Gasteiger partial charge in [-0.25, -0.2) is 0 Å². The topological polar surface area (TPSA) is 0 Å².